The van der Waals surface area contributed by atoms with Crippen LogP contribution in [0.5, 0.6) is 0 Å². The Morgan fingerprint density at radius 1 is 1.47 bits per heavy atom. The monoisotopic (exact) mass is 290 g/mol. The Bertz CT molecular complexity index is 486. The van der Waals surface area contributed by atoms with Gasteiger partial charge >= 0.3 is 6.18 Å². The first-order valence-corrected chi connectivity index (χ1v) is 6.43. The van der Waals surface area contributed by atoms with Crippen molar-refractivity contribution in [3.8, 4) is 0 Å². The lowest BCUT2D eigenvalue weighted by Gasteiger charge is -2.09. The van der Waals surface area contributed by atoms with Gasteiger partial charge in [-0.3, -0.25) is 4.79 Å². The molecule has 1 aromatic rings. The average Bonchev–Trinajstić information content (AvgIpc) is 2.28. The highest BCUT2D eigenvalue weighted by atomic mass is 32.2. The van der Waals surface area contributed by atoms with Crippen LogP contribution in [0.4, 0.5) is 19.0 Å². The largest absolute Gasteiger partial charge is 0.434 e. The Balaban J connectivity index is 2.78. The van der Waals surface area contributed by atoms with Crippen LogP contribution in [-0.2, 0) is 11.0 Å². The van der Waals surface area contributed by atoms with Gasteiger partial charge in [0.25, 0.3) is 0 Å². The van der Waals surface area contributed by atoms with E-state index in [9.17, 15) is 18.0 Å². The first-order valence-electron chi connectivity index (χ1n) is 5.44. The highest BCUT2D eigenvalue weighted by Gasteiger charge is 2.34. The number of hydrogen-bond donors (Lipinski definition) is 1. The minimum Gasteiger partial charge on any atom is -0.384 e. The van der Waals surface area contributed by atoms with E-state index in [0.717, 1.165) is 11.8 Å². The topological polar surface area (TPSA) is 56.0 Å². The zero-order valence-electron chi connectivity index (χ0n) is 10.2. The fourth-order valence-electron chi connectivity index (χ4n) is 1.33. The van der Waals surface area contributed by atoms with Gasteiger partial charge in [0.15, 0.2) is 10.8 Å². The van der Waals surface area contributed by atoms with Crippen LogP contribution in [0.25, 0.3) is 6.08 Å². The lowest BCUT2D eigenvalue weighted by molar-refractivity contribution is -0.141. The number of nitrogens with zero attached hydrogens (tertiary/aromatic N) is 1. The van der Waals surface area contributed by atoms with Crippen molar-refractivity contribution in [1.82, 2.24) is 4.98 Å². The number of thioether (sulfide) groups is 1. The molecule has 19 heavy (non-hydrogen) atoms. The van der Waals surface area contributed by atoms with E-state index in [2.05, 4.69) is 4.98 Å². The van der Waals surface area contributed by atoms with Crippen molar-refractivity contribution < 1.29 is 18.0 Å². The fraction of sp³-hybridized carbons (Fsp3) is 0.333. The van der Waals surface area contributed by atoms with Gasteiger partial charge in [0.05, 0.1) is 0 Å². The molecule has 0 aliphatic rings. The molecule has 0 amide bonds. The number of nitrogens with two attached hydrogens (primary N) is 1. The zero-order chi connectivity index (χ0) is 14.5. The van der Waals surface area contributed by atoms with Gasteiger partial charge in [-0.25, -0.2) is 4.98 Å². The smallest absolute Gasteiger partial charge is 0.384 e. The van der Waals surface area contributed by atoms with Gasteiger partial charge in [-0.1, -0.05) is 23.9 Å². The molecule has 104 valence electrons. The Hall–Kier alpha value is -1.50. The first-order chi connectivity index (χ1) is 8.80. The lowest BCUT2D eigenvalue weighted by atomic mass is 10.1. The quantitative estimate of drug-likeness (QED) is 0.864. The van der Waals surface area contributed by atoms with Gasteiger partial charge in [0.2, 0.25) is 0 Å². The second-order valence-electron chi connectivity index (χ2n) is 3.70. The van der Waals surface area contributed by atoms with Crippen LogP contribution in [0.2, 0.25) is 0 Å². The molecule has 0 unspecified atom stereocenters. The molecule has 0 saturated carbocycles. The molecule has 7 heteroatoms. The Kier molecular flexibility index (Phi) is 5.41. The van der Waals surface area contributed by atoms with Crippen molar-refractivity contribution in [2.45, 2.75) is 19.5 Å². The molecular weight excluding hydrogens is 277 g/mol. The van der Waals surface area contributed by atoms with E-state index >= 15 is 0 Å². The maximum atomic E-state index is 12.7. The van der Waals surface area contributed by atoms with Crippen molar-refractivity contribution in [3.05, 3.63) is 29.5 Å². The Morgan fingerprint density at radius 2 is 2.16 bits per heavy atom. The van der Waals surface area contributed by atoms with Crippen molar-refractivity contribution in [2.75, 3.05) is 11.5 Å². The molecule has 0 spiro atoms. The maximum absolute atomic E-state index is 12.7. The van der Waals surface area contributed by atoms with Crippen LogP contribution in [0.1, 0.15) is 24.6 Å². The summed E-state index contributed by atoms with van der Waals surface area (Å²) >= 11 is 1.13. The van der Waals surface area contributed by atoms with Crippen LogP contribution in [0, 0.1) is 0 Å². The number of pyridine rings is 1. The molecular formula is C12H13F3N2OS. The second kappa shape index (κ2) is 6.60. The molecule has 1 rings (SSSR count). The highest BCUT2D eigenvalue weighted by molar-refractivity contribution is 8.13. The number of allylic oxidation sites excluding steroid dienone is 1. The third kappa shape index (κ3) is 5.34. The summed E-state index contributed by atoms with van der Waals surface area (Å²) in [7, 11) is 0. The van der Waals surface area contributed by atoms with Crippen molar-refractivity contribution >= 4 is 28.8 Å². The molecule has 0 aliphatic carbocycles. The predicted octanol–water partition coefficient (Wildman–Crippen LogP) is 3.37. The summed E-state index contributed by atoms with van der Waals surface area (Å²) in [4.78, 5) is 14.0. The first kappa shape index (κ1) is 15.6. The molecule has 0 bridgehead atoms. The summed E-state index contributed by atoms with van der Waals surface area (Å²) < 4.78 is 38.1. The molecule has 0 fully saturated rings. The van der Waals surface area contributed by atoms with Crippen LogP contribution in [0.3, 0.4) is 0 Å². The van der Waals surface area contributed by atoms with Crippen molar-refractivity contribution in [1.29, 1.82) is 0 Å². The molecule has 0 aliphatic heterocycles. The van der Waals surface area contributed by atoms with Crippen LogP contribution >= 0.6 is 11.8 Å². The van der Waals surface area contributed by atoms with E-state index < -0.39 is 11.9 Å². The normalized spacial score (nSPS) is 12.0. The van der Waals surface area contributed by atoms with Gasteiger partial charge in [-0.05, 0) is 18.6 Å². The van der Waals surface area contributed by atoms with E-state index in [4.69, 9.17) is 5.73 Å². The summed E-state index contributed by atoms with van der Waals surface area (Å²) in [6, 6.07) is 2.60. The molecule has 3 nitrogen and oxygen atoms in total. The number of halogens is 3. The molecule has 0 radical (unpaired) electrons. The van der Waals surface area contributed by atoms with Gasteiger partial charge in [0.1, 0.15) is 5.82 Å². The Labute approximate surface area is 113 Å². The second-order valence-corrected chi connectivity index (χ2v) is 4.97. The summed E-state index contributed by atoms with van der Waals surface area (Å²) in [5.41, 5.74) is 4.23. The summed E-state index contributed by atoms with van der Waals surface area (Å²) in [6.07, 6.45) is -1.11. The molecule has 2 N–H and O–H groups in total. The summed E-state index contributed by atoms with van der Waals surface area (Å²) in [5, 5.41) is -0.0152. The summed E-state index contributed by atoms with van der Waals surface area (Å²) in [6.45, 7) is 1.44. The van der Waals surface area contributed by atoms with E-state index in [0.29, 0.717) is 12.2 Å². The van der Waals surface area contributed by atoms with Gasteiger partial charge in [0, 0.05) is 18.2 Å². The SMILES string of the molecule is CC(=O)SCCC=Cc1ccc(N)nc1C(F)(F)F. The number of carbonyl (C=O) groups is 1. The number of alkyl halides is 3. The Morgan fingerprint density at radius 3 is 2.74 bits per heavy atom. The molecule has 1 aromatic heterocycles. The molecule has 0 saturated heterocycles. The standard InChI is InChI=1S/C12H13F3N2OS/c1-8(18)19-7-3-2-4-9-5-6-10(16)17-11(9)12(13,14)15/h2,4-6H,3,7H2,1H3,(H2,16,17). The minimum absolute atomic E-state index is 0.0152. The van der Waals surface area contributed by atoms with Crippen LogP contribution in [-0.4, -0.2) is 15.9 Å². The average molecular weight is 290 g/mol. The number of carbonyl (C=O) groups excluding carboxylic acids is 1. The van der Waals surface area contributed by atoms with Crippen LogP contribution < -0.4 is 5.73 Å². The van der Waals surface area contributed by atoms with E-state index in [1.807, 2.05) is 0 Å². The molecule has 1 heterocycles. The number of nitrogen functional groups attached to an aromatic ring is 1. The third-order valence-corrected chi connectivity index (χ3v) is 2.95. The lowest BCUT2D eigenvalue weighted by Crippen LogP contribution is -2.11. The van der Waals surface area contributed by atoms with Crippen molar-refractivity contribution in [3.63, 3.8) is 0 Å². The van der Waals surface area contributed by atoms with Crippen molar-refractivity contribution in [2.24, 2.45) is 0 Å². The highest BCUT2D eigenvalue weighted by Crippen LogP contribution is 2.31. The fourth-order valence-corrected chi connectivity index (χ4v) is 1.87. The zero-order valence-corrected chi connectivity index (χ0v) is 11.0. The number of anilines is 1. The minimum atomic E-state index is -4.54. The number of rotatable bonds is 4. The predicted molar refractivity (Wildman–Crippen MR) is 70.4 cm³/mol. The molecule has 0 aromatic carbocycles. The van der Waals surface area contributed by atoms with Gasteiger partial charge in [-0.2, -0.15) is 13.2 Å². The third-order valence-electron chi connectivity index (χ3n) is 2.10. The summed E-state index contributed by atoms with van der Waals surface area (Å²) in [5.74, 6) is 0.367. The van der Waals surface area contributed by atoms with Crippen LogP contribution in [0.15, 0.2) is 18.2 Å². The van der Waals surface area contributed by atoms with Gasteiger partial charge < -0.3 is 5.73 Å². The van der Waals surface area contributed by atoms with E-state index in [1.54, 1.807) is 6.08 Å². The van der Waals surface area contributed by atoms with E-state index in [-0.39, 0.29) is 16.5 Å². The van der Waals surface area contributed by atoms with E-state index in [1.165, 1.54) is 25.1 Å². The molecule has 0 atom stereocenters. The number of hydrogen-bond acceptors (Lipinski definition) is 4. The number of aromatic nitrogens is 1. The maximum Gasteiger partial charge on any atom is 0.434 e. The van der Waals surface area contributed by atoms with Gasteiger partial charge in [-0.15, -0.1) is 0 Å².